The second-order valence-corrected chi connectivity index (χ2v) is 8.17. The zero-order chi connectivity index (χ0) is 22.4. The molecule has 1 aliphatic rings. The molecular weight excluding hydrogens is 378 g/mol. The van der Waals surface area contributed by atoms with Gasteiger partial charge in [0.2, 0.25) is 0 Å². The monoisotopic (exact) mass is 421 g/mol. The lowest BCUT2D eigenvalue weighted by molar-refractivity contribution is -0.140. The quantitative estimate of drug-likeness (QED) is 0.252. The SMILES string of the molecule is CCCCCCCCCCCCC1C(C(=O)OCC)=C(C)NC(C)=C1C(=O)OCC. The van der Waals surface area contributed by atoms with Crippen LogP contribution in [0.15, 0.2) is 22.5 Å². The van der Waals surface area contributed by atoms with E-state index in [1.54, 1.807) is 13.8 Å². The highest BCUT2D eigenvalue weighted by Crippen LogP contribution is 2.35. The van der Waals surface area contributed by atoms with E-state index in [1.165, 1.54) is 51.4 Å². The first-order valence-electron chi connectivity index (χ1n) is 12.0. The molecule has 0 aromatic carbocycles. The summed E-state index contributed by atoms with van der Waals surface area (Å²) in [5, 5.41) is 3.18. The van der Waals surface area contributed by atoms with Crippen molar-refractivity contribution in [3.05, 3.63) is 22.5 Å². The van der Waals surface area contributed by atoms with E-state index in [1.807, 2.05) is 13.8 Å². The van der Waals surface area contributed by atoms with Crippen LogP contribution in [-0.4, -0.2) is 25.2 Å². The van der Waals surface area contributed by atoms with Gasteiger partial charge < -0.3 is 14.8 Å². The molecule has 30 heavy (non-hydrogen) atoms. The van der Waals surface area contributed by atoms with Gasteiger partial charge in [-0.15, -0.1) is 0 Å². The minimum Gasteiger partial charge on any atom is -0.463 e. The van der Waals surface area contributed by atoms with Crippen LogP contribution in [0.3, 0.4) is 0 Å². The normalized spacial score (nSPS) is 14.7. The molecule has 0 aromatic rings. The lowest BCUT2D eigenvalue weighted by atomic mass is 9.81. The van der Waals surface area contributed by atoms with Crippen LogP contribution in [0.5, 0.6) is 0 Å². The Labute approximate surface area is 183 Å². The number of ether oxygens (including phenoxy) is 2. The van der Waals surface area contributed by atoms with Crippen LogP contribution in [0.25, 0.3) is 0 Å². The van der Waals surface area contributed by atoms with Crippen molar-refractivity contribution >= 4 is 11.9 Å². The maximum Gasteiger partial charge on any atom is 0.336 e. The highest BCUT2D eigenvalue weighted by molar-refractivity contribution is 5.97. The largest absolute Gasteiger partial charge is 0.463 e. The van der Waals surface area contributed by atoms with Crippen molar-refractivity contribution in [3.8, 4) is 0 Å². The third-order valence-corrected chi connectivity index (χ3v) is 5.72. The molecule has 0 aliphatic carbocycles. The van der Waals surface area contributed by atoms with E-state index >= 15 is 0 Å². The minimum atomic E-state index is -0.339. The van der Waals surface area contributed by atoms with Gasteiger partial charge in [0.25, 0.3) is 0 Å². The predicted molar refractivity (Wildman–Crippen MR) is 122 cm³/mol. The number of carbonyl (C=O) groups excluding carboxylic acids is 2. The molecule has 0 unspecified atom stereocenters. The Bertz CT molecular complexity index is 566. The molecule has 0 amide bonds. The molecule has 5 nitrogen and oxygen atoms in total. The highest BCUT2D eigenvalue weighted by atomic mass is 16.5. The molecule has 1 rings (SSSR count). The van der Waals surface area contributed by atoms with Crippen molar-refractivity contribution in [3.63, 3.8) is 0 Å². The van der Waals surface area contributed by atoms with E-state index in [0.717, 1.165) is 30.7 Å². The Morgan fingerprint density at radius 2 is 1.10 bits per heavy atom. The van der Waals surface area contributed by atoms with Gasteiger partial charge in [-0.2, -0.15) is 0 Å². The van der Waals surface area contributed by atoms with Crippen LogP contribution in [0.2, 0.25) is 0 Å². The Morgan fingerprint density at radius 1 is 0.700 bits per heavy atom. The fourth-order valence-corrected chi connectivity index (χ4v) is 4.22. The number of unbranched alkanes of at least 4 members (excludes halogenated alkanes) is 9. The predicted octanol–water partition coefficient (Wildman–Crippen LogP) is 6.19. The fourth-order valence-electron chi connectivity index (χ4n) is 4.22. The van der Waals surface area contributed by atoms with Crippen molar-refractivity contribution in [2.75, 3.05) is 13.2 Å². The Kier molecular flexibility index (Phi) is 13.2. The molecule has 0 spiro atoms. The molecule has 0 fully saturated rings. The van der Waals surface area contributed by atoms with Gasteiger partial charge in [0.15, 0.2) is 0 Å². The van der Waals surface area contributed by atoms with Crippen LogP contribution in [-0.2, 0) is 19.1 Å². The van der Waals surface area contributed by atoms with Crippen LogP contribution >= 0.6 is 0 Å². The van der Waals surface area contributed by atoms with Gasteiger partial charge in [-0.3, -0.25) is 0 Å². The van der Waals surface area contributed by atoms with E-state index in [0.29, 0.717) is 24.4 Å². The van der Waals surface area contributed by atoms with Crippen LogP contribution in [0, 0.1) is 5.92 Å². The number of nitrogens with one attached hydrogen (secondary N) is 1. The lowest BCUT2D eigenvalue weighted by Crippen LogP contribution is -2.33. The van der Waals surface area contributed by atoms with E-state index < -0.39 is 0 Å². The smallest absolute Gasteiger partial charge is 0.336 e. The number of carbonyl (C=O) groups is 2. The fraction of sp³-hybridized carbons (Fsp3) is 0.760. The van der Waals surface area contributed by atoms with E-state index in [2.05, 4.69) is 12.2 Å². The van der Waals surface area contributed by atoms with Crippen molar-refractivity contribution in [2.24, 2.45) is 5.92 Å². The molecule has 1 N–H and O–H groups in total. The van der Waals surface area contributed by atoms with E-state index in [-0.39, 0.29) is 17.9 Å². The summed E-state index contributed by atoms with van der Waals surface area (Å²) in [5.74, 6) is -0.943. The third-order valence-electron chi connectivity index (χ3n) is 5.72. The van der Waals surface area contributed by atoms with Crippen LogP contribution in [0.4, 0.5) is 0 Å². The van der Waals surface area contributed by atoms with Gasteiger partial charge in [-0.1, -0.05) is 71.1 Å². The molecule has 5 heteroatoms. The molecule has 0 saturated heterocycles. The molecule has 0 bridgehead atoms. The summed E-state index contributed by atoms with van der Waals surface area (Å²) in [6.07, 6.45) is 13.3. The van der Waals surface area contributed by atoms with Gasteiger partial charge >= 0.3 is 11.9 Å². The zero-order valence-electron chi connectivity index (χ0n) is 19.9. The maximum absolute atomic E-state index is 12.6. The topological polar surface area (TPSA) is 64.6 Å². The summed E-state index contributed by atoms with van der Waals surface area (Å²) in [7, 11) is 0. The molecule has 0 atom stereocenters. The average Bonchev–Trinajstić information content (AvgIpc) is 2.69. The maximum atomic E-state index is 12.6. The summed E-state index contributed by atoms with van der Waals surface area (Å²) < 4.78 is 10.6. The Balaban J connectivity index is 2.67. The number of hydrogen-bond donors (Lipinski definition) is 1. The number of esters is 2. The minimum absolute atomic E-state index is 0.265. The highest BCUT2D eigenvalue weighted by Gasteiger charge is 2.36. The third kappa shape index (κ3) is 8.53. The van der Waals surface area contributed by atoms with Crippen molar-refractivity contribution in [2.45, 2.75) is 105 Å². The number of dihydropyridines is 1. The summed E-state index contributed by atoms with van der Waals surface area (Å²) in [5.41, 5.74) is 2.69. The Morgan fingerprint density at radius 3 is 1.50 bits per heavy atom. The van der Waals surface area contributed by atoms with Crippen LogP contribution in [0.1, 0.15) is 105 Å². The van der Waals surface area contributed by atoms with Gasteiger partial charge in [-0.25, -0.2) is 9.59 Å². The van der Waals surface area contributed by atoms with Gasteiger partial charge in [0, 0.05) is 17.3 Å². The molecule has 0 aromatic heterocycles. The second-order valence-electron chi connectivity index (χ2n) is 8.17. The van der Waals surface area contributed by atoms with E-state index in [9.17, 15) is 9.59 Å². The van der Waals surface area contributed by atoms with E-state index in [4.69, 9.17) is 9.47 Å². The lowest BCUT2D eigenvalue weighted by Gasteiger charge is -2.30. The average molecular weight is 422 g/mol. The first-order chi connectivity index (χ1) is 14.5. The molecule has 172 valence electrons. The summed E-state index contributed by atoms with van der Waals surface area (Å²) in [6.45, 7) is 10.2. The molecule has 0 saturated carbocycles. The van der Waals surface area contributed by atoms with Crippen molar-refractivity contribution in [1.82, 2.24) is 5.32 Å². The summed E-state index contributed by atoms with van der Waals surface area (Å²) in [4.78, 5) is 25.3. The van der Waals surface area contributed by atoms with Gasteiger partial charge in [0.1, 0.15) is 0 Å². The number of rotatable bonds is 15. The van der Waals surface area contributed by atoms with Gasteiger partial charge in [0.05, 0.1) is 24.4 Å². The van der Waals surface area contributed by atoms with Crippen molar-refractivity contribution < 1.29 is 19.1 Å². The molecular formula is C25H43NO4. The number of hydrogen-bond acceptors (Lipinski definition) is 5. The first-order valence-corrected chi connectivity index (χ1v) is 12.0. The number of allylic oxidation sites excluding steroid dienone is 2. The first kappa shape index (κ1) is 26.3. The zero-order valence-corrected chi connectivity index (χ0v) is 19.9. The Hall–Kier alpha value is -1.78. The second kappa shape index (κ2) is 15.1. The molecule has 0 radical (unpaired) electrons. The summed E-state index contributed by atoms with van der Waals surface area (Å²) in [6, 6.07) is 0. The van der Waals surface area contributed by atoms with Crippen LogP contribution < -0.4 is 5.32 Å². The summed E-state index contributed by atoms with van der Waals surface area (Å²) >= 11 is 0. The standard InChI is InChI=1S/C25H43NO4/c1-6-9-10-11-12-13-14-15-16-17-18-21-22(24(27)29-7-2)19(4)26-20(5)23(21)25(28)30-8-3/h21,26H,6-18H2,1-5H3. The molecule has 1 heterocycles. The van der Waals surface area contributed by atoms with Crippen molar-refractivity contribution in [1.29, 1.82) is 0 Å². The van der Waals surface area contributed by atoms with Gasteiger partial charge in [-0.05, 0) is 34.1 Å². The molecule has 1 aliphatic heterocycles.